The summed E-state index contributed by atoms with van der Waals surface area (Å²) in [5, 5.41) is 1.00. The molecule has 1 unspecified atom stereocenters. The second-order valence-electron chi connectivity index (χ2n) is 2.80. The van der Waals surface area contributed by atoms with Crippen molar-refractivity contribution in [3.63, 3.8) is 0 Å². The van der Waals surface area contributed by atoms with Crippen LogP contribution in [-0.2, 0) is 9.47 Å². The Kier molecular flexibility index (Phi) is 7.33. The van der Waals surface area contributed by atoms with E-state index in [0.717, 1.165) is 18.5 Å². The van der Waals surface area contributed by atoms with Crippen LogP contribution in [-0.4, -0.2) is 32.8 Å². The van der Waals surface area contributed by atoms with Gasteiger partial charge in [-0.05, 0) is 5.92 Å². The average molecular weight is 225 g/mol. The largest absolute Gasteiger partial charge is 0.384 e. The van der Waals surface area contributed by atoms with Crippen molar-refractivity contribution < 1.29 is 9.47 Å². The van der Waals surface area contributed by atoms with Crippen LogP contribution in [0.4, 0.5) is 0 Å². The van der Waals surface area contributed by atoms with E-state index in [2.05, 4.69) is 22.9 Å². The van der Waals surface area contributed by atoms with Crippen LogP contribution in [0.3, 0.4) is 0 Å². The summed E-state index contributed by atoms with van der Waals surface area (Å²) in [6, 6.07) is 0. The second-order valence-corrected chi connectivity index (χ2v) is 3.45. The molecule has 0 aromatic heterocycles. The predicted octanol–water partition coefficient (Wildman–Crippen LogP) is 1.93. The first-order valence-corrected chi connectivity index (χ1v) is 4.92. The van der Waals surface area contributed by atoms with E-state index in [1.165, 1.54) is 0 Å². The number of hydrogen-bond donors (Lipinski definition) is 0. The molecule has 1 atom stereocenters. The third-order valence-corrected chi connectivity index (χ3v) is 2.83. The molecular formula is C8H17BrO2. The molecule has 0 saturated carbocycles. The summed E-state index contributed by atoms with van der Waals surface area (Å²) in [5.74, 6) is 1.11. The van der Waals surface area contributed by atoms with Gasteiger partial charge in [0.05, 0.1) is 13.2 Å². The molecule has 0 fully saturated rings. The van der Waals surface area contributed by atoms with Gasteiger partial charge in [-0.15, -0.1) is 0 Å². The highest BCUT2D eigenvalue weighted by Crippen LogP contribution is 2.14. The van der Waals surface area contributed by atoms with E-state index in [1.54, 1.807) is 14.2 Å². The number of ether oxygens (including phenoxy) is 2. The van der Waals surface area contributed by atoms with Gasteiger partial charge in [0.15, 0.2) is 0 Å². The van der Waals surface area contributed by atoms with Gasteiger partial charge in [0.25, 0.3) is 0 Å². The smallest absolute Gasteiger partial charge is 0.0515 e. The van der Waals surface area contributed by atoms with Crippen molar-refractivity contribution >= 4 is 15.9 Å². The summed E-state index contributed by atoms with van der Waals surface area (Å²) in [5.41, 5.74) is 0. The van der Waals surface area contributed by atoms with Crippen LogP contribution in [0.15, 0.2) is 0 Å². The zero-order valence-electron chi connectivity index (χ0n) is 7.47. The van der Waals surface area contributed by atoms with E-state index < -0.39 is 0 Å². The molecule has 2 nitrogen and oxygen atoms in total. The van der Waals surface area contributed by atoms with Crippen molar-refractivity contribution in [2.75, 3.05) is 32.8 Å². The van der Waals surface area contributed by atoms with Gasteiger partial charge in [-0.3, -0.25) is 0 Å². The first kappa shape index (κ1) is 11.4. The third-order valence-electron chi connectivity index (χ3n) is 1.81. The fraction of sp³-hybridized carbons (Fsp3) is 1.00. The van der Waals surface area contributed by atoms with Crippen LogP contribution in [0.2, 0.25) is 0 Å². The van der Waals surface area contributed by atoms with E-state index in [1.807, 2.05) is 0 Å². The van der Waals surface area contributed by atoms with Crippen molar-refractivity contribution in [3.8, 4) is 0 Å². The van der Waals surface area contributed by atoms with Crippen molar-refractivity contribution in [1.29, 1.82) is 0 Å². The van der Waals surface area contributed by atoms with E-state index in [0.29, 0.717) is 11.8 Å². The maximum absolute atomic E-state index is 5.08. The van der Waals surface area contributed by atoms with Crippen LogP contribution in [0.5, 0.6) is 0 Å². The van der Waals surface area contributed by atoms with Crippen LogP contribution in [0.25, 0.3) is 0 Å². The molecule has 0 amide bonds. The lowest BCUT2D eigenvalue weighted by Crippen LogP contribution is -2.23. The molecule has 0 aliphatic carbocycles. The molecule has 0 aliphatic heterocycles. The molecule has 68 valence electrons. The number of alkyl halides is 1. The van der Waals surface area contributed by atoms with Crippen molar-refractivity contribution in [2.24, 2.45) is 11.8 Å². The summed E-state index contributed by atoms with van der Waals surface area (Å²) in [6.45, 7) is 3.75. The van der Waals surface area contributed by atoms with E-state index in [-0.39, 0.29) is 0 Å². The second kappa shape index (κ2) is 7.07. The van der Waals surface area contributed by atoms with Gasteiger partial charge in [-0.1, -0.05) is 22.9 Å². The summed E-state index contributed by atoms with van der Waals surface area (Å²) in [6.07, 6.45) is 0. The zero-order valence-corrected chi connectivity index (χ0v) is 9.06. The summed E-state index contributed by atoms with van der Waals surface area (Å²) >= 11 is 3.44. The summed E-state index contributed by atoms with van der Waals surface area (Å²) in [7, 11) is 3.45. The van der Waals surface area contributed by atoms with Gasteiger partial charge < -0.3 is 9.47 Å². The Bertz CT molecular complexity index is 82.2. The fourth-order valence-corrected chi connectivity index (χ4v) is 1.46. The Morgan fingerprint density at radius 2 is 1.64 bits per heavy atom. The molecule has 0 heterocycles. The van der Waals surface area contributed by atoms with Gasteiger partial charge in [0.2, 0.25) is 0 Å². The summed E-state index contributed by atoms with van der Waals surface area (Å²) < 4.78 is 10.2. The van der Waals surface area contributed by atoms with Crippen molar-refractivity contribution in [1.82, 2.24) is 0 Å². The minimum atomic E-state index is 0.504. The first-order valence-electron chi connectivity index (χ1n) is 3.80. The van der Waals surface area contributed by atoms with Gasteiger partial charge in [-0.2, -0.15) is 0 Å². The minimum Gasteiger partial charge on any atom is -0.384 e. The van der Waals surface area contributed by atoms with E-state index in [4.69, 9.17) is 9.47 Å². The molecule has 0 aromatic rings. The Morgan fingerprint density at radius 3 is 1.91 bits per heavy atom. The highest BCUT2D eigenvalue weighted by Gasteiger charge is 2.15. The normalized spacial score (nSPS) is 13.9. The molecule has 0 aromatic carbocycles. The molecule has 0 radical (unpaired) electrons. The zero-order chi connectivity index (χ0) is 8.69. The third kappa shape index (κ3) is 4.77. The topological polar surface area (TPSA) is 18.5 Å². The number of methoxy groups -OCH3 is 2. The molecule has 0 rings (SSSR count). The minimum absolute atomic E-state index is 0.504. The molecule has 0 spiro atoms. The molecule has 0 bridgehead atoms. The maximum atomic E-state index is 5.08. The predicted molar refractivity (Wildman–Crippen MR) is 50.2 cm³/mol. The van der Waals surface area contributed by atoms with Crippen molar-refractivity contribution in [3.05, 3.63) is 0 Å². The van der Waals surface area contributed by atoms with Gasteiger partial charge in [0.1, 0.15) is 0 Å². The fourth-order valence-electron chi connectivity index (χ4n) is 0.931. The van der Waals surface area contributed by atoms with Crippen LogP contribution >= 0.6 is 15.9 Å². The maximum Gasteiger partial charge on any atom is 0.0515 e. The van der Waals surface area contributed by atoms with E-state index >= 15 is 0 Å². The molecular weight excluding hydrogens is 208 g/mol. The molecule has 0 N–H and O–H groups in total. The highest BCUT2D eigenvalue weighted by molar-refractivity contribution is 9.09. The summed E-state index contributed by atoms with van der Waals surface area (Å²) in [4.78, 5) is 0. The molecule has 0 aliphatic rings. The highest BCUT2D eigenvalue weighted by atomic mass is 79.9. The number of halogens is 1. The lowest BCUT2D eigenvalue weighted by Gasteiger charge is -2.20. The Hall–Kier alpha value is 0.400. The molecule has 3 heteroatoms. The SMILES string of the molecule is COCC(COC)C(C)CBr. The standard InChI is InChI=1S/C8H17BrO2/c1-7(4-9)8(5-10-2)6-11-3/h7-8H,4-6H2,1-3H3. The lowest BCUT2D eigenvalue weighted by atomic mass is 9.98. The Morgan fingerprint density at radius 1 is 1.18 bits per heavy atom. The Balaban J connectivity index is 3.66. The van der Waals surface area contributed by atoms with E-state index in [9.17, 15) is 0 Å². The molecule has 11 heavy (non-hydrogen) atoms. The number of rotatable bonds is 6. The first-order chi connectivity index (χ1) is 5.26. The van der Waals surface area contributed by atoms with Gasteiger partial charge in [-0.25, -0.2) is 0 Å². The molecule has 0 saturated heterocycles. The van der Waals surface area contributed by atoms with Gasteiger partial charge >= 0.3 is 0 Å². The van der Waals surface area contributed by atoms with Gasteiger partial charge in [0, 0.05) is 25.5 Å². The number of hydrogen-bond acceptors (Lipinski definition) is 2. The van der Waals surface area contributed by atoms with Crippen LogP contribution < -0.4 is 0 Å². The Labute approximate surface area is 77.4 Å². The quantitative estimate of drug-likeness (QED) is 0.643. The monoisotopic (exact) mass is 224 g/mol. The van der Waals surface area contributed by atoms with Crippen LogP contribution in [0.1, 0.15) is 6.92 Å². The van der Waals surface area contributed by atoms with Crippen molar-refractivity contribution in [2.45, 2.75) is 6.92 Å². The average Bonchev–Trinajstić information content (AvgIpc) is 2.03. The lowest BCUT2D eigenvalue weighted by molar-refractivity contribution is 0.0636. The van der Waals surface area contributed by atoms with Crippen LogP contribution in [0, 0.1) is 11.8 Å².